The van der Waals surface area contributed by atoms with Crippen molar-refractivity contribution in [3.05, 3.63) is 28.4 Å². The Morgan fingerprint density at radius 2 is 1.88 bits per heavy atom. The lowest BCUT2D eigenvalue weighted by atomic mass is 10.2. The van der Waals surface area contributed by atoms with Gasteiger partial charge in [0, 0.05) is 39.3 Å². The van der Waals surface area contributed by atoms with Gasteiger partial charge in [-0.2, -0.15) is 10.1 Å². The normalized spacial score (nSPS) is 15.1. The van der Waals surface area contributed by atoms with Crippen molar-refractivity contribution in [2.75, 3.05) is 41.7 Å². The van der Waals surface area contributed by atoms with E-state index in [2.05, 4.69) is 34.8 Å². The summed E-state index contributed by atoms with van der Waals surface area (Å²) in [4.78, 5) is 31.3. The van der Waals surface area contributed by atoms with Crippen LogP contribution in [0.4, 0.5) is 17.6 Å². The lowest BCUT2D eigenvalue weighted by Gasteiger charge is -2.36. The van der Waals surface area contributed by atoms with E-state index in [1.54, 1.807) is 11.0 Å². The van der Waals surface area contributed by atoms with Crippen molar-refractivity contribution < 1.29 is 0 Å². The predicted octanol–water partition coefficient (Wildman–Crippen LogP) is -0.336. The van der Waals surface area contributed by atoms with Crippen molar-refractivity contribution in [3.63, 3.8) is 0 Å². The summed E-state index contributed by atoms with van der Waals surface area (Å²) < 4.78 is 1.77. The molecular formula is C15H19N9O. The number of aryl methyl sites for hydroxylation is 2. The van der Waals surface area contributed by atoms with Crippen molar-refractivity contribution >= 4 is 28.6 Å². The Kier molecular flexibility index (Phi) is 3.52. The molecule has 1 saturated heterocycles. The van der Waals surface area contributed by atoms with E-state index in [0.717, 1.165) is 48.7 Å². The zero-order valence-electron chi connectivity index (χ0n) is 14.1. The van der Waals surface area contributed by atoms with Gasteiger partial charge in [0.2, 0.25) is 5.95 Å². The van der Waals surface area contributed by atoms with Crippen molar-refractivity contribution in [1.82, 2.24) is 29.7 Å². The molecule has 1 fully saturated rings. The molecule has 1 aliphatic rings. The molecular weight excluding hydrogens is 322 g/mol. The molecule has 10 heteroatoms. The summed E-state index contributed by atoms with van der Waals surface area (Å²) in [6, 6.07) is 1.47. The Labute approximate surface area is 143 Å². The fourth-order valence-electron chi connectivity index (χ4n) is 3.27. The Bertz CT molecular complexity index is 984. The highest BCUT2D eigenvalue weighted by Crippen LogP contribution is 2.26. The molecule has 25 heavy (non-hydrogen) atoms. The first kappa shape index (κ1) is 15.4. The first-order chi connectivity index (χ1) is 12.0. The molecule has 0 saturated carbocycles. The lowest BCUT2D eigenvalue weighted by molar-refractivity contribution is 0.642. The number of aromatic amines is 1. The second kappa shape index (κ2) is 5.72. The quantitative estimate of drug-likeness (QED) is 0.649. The van der Waals surface area contributed by atoms with Crippen LogP contribution in [0.25, 0.3) is 11.0 Å². The second-order valence-corrected chi connectivity index (χ2v) is 6.07. The van der Waals surface area contributed by atoms with E-state index in [9.17, 15) is 4.79 Å². The number of fused-ring (bicyclic) bond motifs is 1. The molecule has 0 unspecified atom stereocenters. The van der Waals surface area contributed by atoms with Crippen LogP contribution < -0.4 is 21.1 Å². The Morgan fingerprint density at radius 1 is 1.16 bits per heavy atom. The number of hydrogen-bond donors (Lipinski definition) is 2. The van der Waals surface area contributed by atoms with Crippen LogP contribution in [0.1, 0.15) is 5.69 Å². The number of H-pyrrole nitrogens is 1. The number of nitrogen functional groups attached to an aromatic ring is 1. The van der Waals surface area contributed by atoms with E-state index in [4.69, 9.17) is 5.73 Å². The first-order valence-electron chi connectivity index (χ1n) is 8.04. The average molecular weight is 341 g/mol. The molecule has 0 spiro atoms. The number of nitrogens with zero attached hydrogens (tertiary/aromatic N) is 7. The third-order valence-corrected chi connectivity index (χ3v) is 4.43. The largest absolute Gasteiger partial charge is 0.369 e. The van der Waals surface area contributed by atoms with Gasteiger partial charge in [-0.1, -0.05) is 0 Å². The third kappa shape index (κ3) is 2.65. The summed E-state index contributed by atoms with van der Waals surface area (Å²) >= 11 is 0. The van der Waals surface area contributed by atoms with Crippen LogP contribution in [0, 0.1) is 6.92 Å². The van der Waals surface area contributed by atoms with Crippen LogP contribution >= 0.6 is 0 Å². The predicted molar refractivity (Wildman–Crippen MR) is 94.7 cm³/mol. The van der Waals surface area contributed by atoms with Crippen LogP contribution in [0.2, 0.25) is 0 Å². The van der Waals surface area contributed by atoms with E-state index in [0.29, 0.717) is 5.82 Å². The van der Waals surface area contributed by atoms with Crippen molar-refractivity contribution in [3.8, 4) is 0 Å². The van der Waals surface area contributed by atoms with Crippen LogP contribution in [0.3, 0.4) is 0 Å². The Morgan fingerprint density at radius 3 is 2.60 bits per heavy atom. The Balaban J connectivity index is 1.59. The average Bonchev–Trinajstić information content (AvgIpc) is 2.89. The van der Waals surface area contributed by atoms with Gasteiger partial charge in [0.25, 0.3) is 5.56 Å². The van der Waals surface area contributed by atoms with Crippen LogP contribution in [-0.4, -0.2) is 55.9 Å². The highest BCUT2D eigenvalue weighted by Gasteiger charge is 2.23. The van der Waals surface area contributed by atoms with Gasteiger partial charge in [-0.05, 0) is 6.92 Å². The number of hydrogen-bond acceptors (Lipinski definition) is 8. The monoisotopic (exact) mass is 341 g/mol. The van der Waals surface area contributed by atoms with E-state index in [-0.39, 0.29) is 11.5 Å². The number of nitrogens with one attached hydrogen (secondary N) is 1. The first-order valence-corrected chi connectivity index (χ1v) is 8.04. The smallest absolute Gasteiger partial charge is 0.254 e. The summed E-state index contributed by atoms with van der Waals surface area (Å²) in [7, 11) is 1.88. The molecule has 0 bridgehead atoms. The van der Waals surface area contributed by atoms with Crippen LogP contribution in [0.15, 0.2) is 17.2 Å². The zero-order chi connectivity index (χ0) is 17.6. The summed E-state index contributed by atoms with van der Waals surface area (Å²) in [5.74, 6) is 1.63. The molecule has 3 N–H and O–H groups in total. The van der Waals surface area contributed by atoms with Crippen LogP contribution in [-0.2, 0) is 7.05 Å². The number of aromatic nitrogens is 6. The van der Waals surface area contributed by atoms with Gasteiger partial charge in [0.1, 0.15) is 18.0 Å². The molecule has 10 nitrogen and oxygen atoms in total. The second-order valence-electron chi connectivity index (χ2n) is 6.07. The standard InChI is InChI=1S/C15H19N9O/c1-9-12-13(22(2)21-9)17-8-18-14(12)24-5-3-23(4-6-24)10-7-11(25)20-15(16)19-10/h7-8H,3-6H2,1-2H3,(H3,16,19,20,25). The fraction of sp³-hybridized carbons (Fsp3) is 0.400. The summed E-state index contributed by atoms with van der Waals surface area (Å²) in [6.07, 6.45) is 1.57. The minimum absolute atomic E-state index is 0.133. The maximum atomic E-state index is 11.6. The number of piperazine rings is 1. The van der Waals surface area contributed by atoms with Gasteiger partial charge in [-0.15, -0.1) is 0 Å². The molecule has 130 valence electrons. The highest BCUT2D eigenvalue weighted by atomic mass is 16.1. The molecule has 0 atom stereocenters. The van der Waals surface area contributed by atoms with E-state index in [1.165, 1.54) is 6.07 Å². The van der Waals surface area contributed by atoms with Gasteiger partial charge < -0.3 is 15.5 Å². The maximum Gasteiger partial charge on any atom is 0.254 e. The summed E-state index contributed by atoms with van der Waals surface area (Å²) in [5.41, 5.74) is 7.14. The van der Waals surface area contributed by atoms with Gasteiger partial charge >= 0.3 is 0 Å². The maximum absolute atomic E-state index is 11.6. The lowest BCUT2D eigenvalue weighted by Crippen LogP contribution is -2.47. The molecule has 0 amide bonds. The SMILES string of the molecule is Cc1nn(C)c2ncnc(N3CCN(c4cc(=O)[nH]c(N)n4)CC3)c12. The van der Waals surface area contributed by atoms with Gasteiger partial charge in [0.15, 0.2) is 5.65 Å². The van der Waals surface area contributed by atoms with E-state index < -0.39 is 0 Å². The summed E-state index contributed by atoms with van der Waals surface area (Å²) in [6.45, 7) is 4.93. The zero-order valence-corrected chi connectivity index (χ0v) is 14.1. The van der Waals surface area contributed by atoms with Gasteiger partial charge in [-0.3, -0.25) is 14.5 Å². The molecule has 4 rings (SSSR count). The van der Waals surface area contributed by atoms with E-state index >= 15 is 0 Å². The molecule has 3 aromatic heterocycles. The molecule has 4 heterocycles. The molecule has 0 radical (unpaired) electrons. The topological polar surface area (TPSA) is 122 Å². The van der Waals surface area contributed by atoms with Crippen LogP contribution in [0.5, 0.6) is 0 Å². The fourth-order valence-corrected chi connectivity index (χ4v) is 3.27. The number of nitrogens with two attached hydrogens (primary N) is 1. The molecule has 0 aromatic carbocycles. The van der Waals surface area contributed by atoms with E-state index in [1.807, 2.05) is 14.0 Å². The molecule has 3 aromatic rings. The highest BCUT2D eigenvalue weighted by molar-refractivity contribution is 5.89. The molecule has 1 aliphatic heterocycles. The third-order valence-electron chi connectivity index (χ3n) is 4.43. The summed E-state index contributed by atoms with van der Waals surface area (Å²) in [5, 5.41) is 5.43. The number of anilines is 3. The minimum Gasteiger partial charge on any atom is -0.369 e. The van der Waals surface area contributed by atoms with Crippen molar-refractivity contribution in [1.29, 1.82) is 0 Å². The number of rotatable bonds is 2. The van der Waals surface area contributed by atoms with Crippen molar-refractivity contribution in [2.24, 2.45) is 7.05 Å². The Hall–Kier alpha value is -3.17. The van der Waals surface area contributed by atoms with Gasteiger partial charge in [-0.25, -0.2) is 9.97 Å². The van der Waals surface area contributed by atoms with Gasteiger partial charge in [0.05, 0.1) is 11.1 Å². The minimum atomic E-state index is -0.242. The molecule has 0 aliphatic carbocycles. The van der Waals surface area contributed by atoms with Crippen molar-refractivity contribution in [2.45, 2.75) is 6.92 Å².